The maximum Gasteiger partial charge on any atom is 0.231 e. The first-order valence-corrected chi connectivity index (χ1v) is 5.93. The molecule has 2 rings (SSSR count). The zero-order chi connectivity index (χ0) is 13.3. The van der Waals surface area contributed by atoms with Crippen LogP contribution in [0.15, 0.2) is 18.2 Å². The first kappa shape index (κ1) is 13.0. The first-order valence-electron chi connectivity index (χ1n) is 5.93. The van der Waals surface area contributed by atoms with Gasteiger partial charge in [-0.3, -0.25) is 4.79 Å². The Hall–Kier alpha value is -1.49. The molecule has 1 aliphatic rings. The third-order valence-corrected chi connectivity index (χ3v) is 3.53. The highest BCUT2D eigenvalue weighted by Gasteiger charge is 2.47. The van der Waals surface area contributed by atoms with Gasteiger partial charge in [0.1, 0.15) is 0 Å². The highest BCUT2D eigenvalue weighted by Crippen LogP contribution is 2.45. The molecule has 18 heavy (non-hydrogen) atoms. The van der Waals surface area contributed by atoms with Crippen LogP contribution in [0.4, 0.5) is 14.5 Å². The molecule has 1 fully saturated rings. The number of carbonyl (C=O) groups is 1. The summed E-state index contributed by atoms with van der Waals surface area (Å²) in [7, 11) is 0. The number of hydrogen-bond acceptors (Lipinski definition) is 2. The molecule has 0 bridgehead atoms. The molecule has 0 unspecified atom stereocenters. The smallest absolute Gasteiger partial charge is 0.231 e. The molecular weight excluding hydrogens is 238 g/mol. The van der Waals surface area contributed by atoms with Crippen molar-refractivity contribution in [2.45, 2.75) is 19.8 Å². The Morgan fingerprint density at radius 2 is 2.11 bits per heavy atom. The Bertz CT molecular complexity index is 470. The summed E-state index contributed by atoms with van der Waals surface area (Å²) in [5, 5.41) is 2.60. The van der Waals surface area contributed by atoms with Gasteiger partial charge in [0.2, 0.25) is 5.91 Å². The van der Waals surface area contributed by atoms with Crippen LogP contribution in [0.5, 0.6) is 0 Å². The summed E-state index contributed by atoms with van der Waals surface area (Å²) in [5.41, 5.74) is 5.35. The minimum Gasteiger partial charge on any atom is -0.329 e. The summed E-state index contributed by atoms with van der Waals surface area (Å²) in [5.74, 6) is -1.64. The van der Waals surface area contributed by atoms with Crippen molar-refractivity contribution in [1.82, 2.24) is 0 Å². The topological polar surface area (TPSA) is 55.1 Å². The van der Waals surface area contributed by atoms with E-state index in [0.29, 0.717) is 5.92 Å². The van der Waals surface area contributed by atoms with Crippen LogP contribution < -0.4 is 11.1 Å². The van der Waals surface area contributed by atoms with Crippen molar-refractivity contribution >= 4 is 11.6 Å². The molecule has 0 atom stereocenters. The van der Waals surface area contributed by atoms with Crippen molar-refractivity contribution in [3.05, 3.63) is 29.8 Å². The maximum absolute atomic E-state index is 13.0. The molecule has 0 heterocycles. The van der Waals surface area contributed by atoms with Crippen molar-refractivity contribution in [1.29, 1.82) is 0 Å². The van der Waals surface area contributed by atoms with Crippen LogP contribution in [0.1, 0.15) is 19.8 Å². The second kappa shape index (κ2) is 4.65. The number of nitrogens with one attached hydrogen (secondary N) is 1. The second-order valence-corrected chi connectivity index (χ2v) is 5.08. The minimum absolute atomic E-state index is 0.214. The normalized spacial score (nSPS) is 26.6. The number of halogens is 2. The van der Waals surface area contributed by atoms with E-state index in [4.69, 9.17) is 5.73 Å². The predicted molar refractivity (Wildman–Crippen MR) is 64.9 cm³/mol. The van der Waals surface area contributed by atoms with Crippen LogP contribution in [0, 0.1) is 23.0 Å². The van der Waals surface area contributed by atoms with Gasteiger partial charge in [-0.2, -0.15) is 0 Å². The molecule has 1 amide bonds. The van der Waals surface area contributed by atoms with Crippen LogP contribution in [0.3, 0.4) is 0 Å². The molecule has 1 saturated carbocycles. The summed E-state index contributed by atoms with van der Waals surface area (Å²) in [6.45, 7) is 2.33. The van der Waals surface area contributed by atoms with E-state index < -0.39 is 17.0 Å². The van der Waals surface area contributed by atoms with E-state index in [0.717, 1.165) is 25.0 Å². The van der Waals surface area contributed by atoms with Crippen molar-refractivity contribution in [2.24, 2.45) is 17.1 Å². The largest absolute Gasteiger partial charge is 0.329 e. The van der Waals surface area contributed by atoms with Crippen molar-refractivity contribution in [3.63, 3.8) is 0 Å². The molecule has 98 valence electrons. The first-order chi connectivity index (χ1) is 8.47. The fraction of sp³-hybridized carbons (Fsp3) is 0.462. The van der Waals surface area contributed by atoms with E-state index in [1.54, 1.807) is 0 Å². The molecule has 5 heteroatoms. The summed E-state index contributed by atoms with van der Waals surface area (Å²) in [6, 6.07) is 3.30. The molecule has 0 aliphatic heterocycles. The Balaban J connectivity index is 2.09. The van der Waals surface area contributed by atoms with E-state index in [-0.39, 0.29) is 18.1 Å². The van der Waals surface area contributed by atoms with E-state index in [2.05, 4.69) is 12.2 Å². The molecule has 0 spiro atoms. The number of carbonyl (C=O) groups excluding carboxylic acids is 1. The minimum atomic E-state index is -0.975. The fourth-order valence-electron chi connectivity index (χ4n) is 2.56. The lowest BCUT2D eigenvalue weighted by Gasteiger charge is -2.44. The molecule has 0 radical (unpaired) electrons. The molecule has 3 N–H and O–H groups in total. The van der Waals surface area contributed by atoms with Crippen LogP contribution >= 0.6 is 0 Å². The third kappa shape index (κ3) is 2.22. The van der Waals surface area contributed by atoms with Gasteiger partial charge in [0.15, 0.2) is 11.6 Å². The third-order valence-electron chi connectivity index (χ3n) is 3.53. The van der Waals surface area contributed by atoms with E-state index in [1.165, 1.54) is 6.07 Å². The van der Waals surface area contributed by atoms with Crippen LogP contribution in [0.2, 0.25) is 0 Å². The highest BCUT2D eigenvalue weighted by atomic mass is 19.2. The van der Waals surface area contributed by atoms with Crippen LogP contribution in [0.25, 0.3) is 0 Å². The number of benzene rings is 1. The average Bonchev–Trinajstić information content (AvgIpc) is 2.29. The summed E-state index contributed by atoms with van der Waals surface area (Å²) < 4.78 is 25.8. The SMILES string of the molecule is CC1CC(CN)(C(=O)Nc2ccc(F)c(F)c2)C1. The standard InChI is InChI=1S/C13H16F2N2O/c1-8-5-13(6-8,7-16)12(18)17-9-2-3-10(14)11(15)4-9/h2-4,8H,5-7,16H2,1H3,(H,17,18). The average molecular weight is 254 g/mol. The Kier molecular flexibility index (Phi) is 3.34. The van der Waals surface area contributed by atoms with Gasteiger partial charge in [0.05, 0.1) is 5.41 Å². The monoisotopic (exact) mass is 254 g/mol. The second-order valence-electron chi connectivity index (χ2n) is 5.08. The van der Waals surface area contributed by atoms with Crippen molar-refractivity contribution in [2.75, 3.05) is 11.9 Å². The predicted octanol–water partition coefficient (Wildman–Crippen LogP) is 2.28. The maximum atomic E-state index is 13.0. The quantitative estimate of drug-likeness (QED) is 0.869. The summed E-state index contributed by atoms with van der Waals surface area (Å²) >= 11 is 0. The van der Waals surface area contributed by atoms with Gasteiger partial charge in [-0.15, -0.1) is 0 Å². The van der Waals surface area contributed by atoms with Gasteiger partial charge in [-0.05, 0) is 30.9 Å². The molecule has 3 nitrogen and oxygen atoms in total. The van der Waals surface area contributed by atoms with Crippen LogP contribution in [-0.2, 0) is 4.79 Å². The number of amides is 1. The van der Waals surface area contributed by atoms with Gasteiger partial charge >= 0.3 is 0 Å². The lowest BCUT2D eigenvalue weighted by atomic mass is 9.62. The van der Waals surface area contributed by atoms with Gasteiger partial charge in [-0.1, -0.05) is 6.92 Å². The number of nitrogens with two attached hydrogens (primary N) is 1. The molecule has 0 aromatic heterocycles. The van der Waals surface area contributed by atoms with Gasteiger partial charge in [0.25, 0.3) is 0 Å². The van der Waals surface area contributed by atoms with E-state index >= 15 is 0 Å². The van der Waals surface area contributed by atoms with Crippen molar-refractivity contribution < 1.29 is 13.6 Å². The Labute approximate surface area is 104 Å². The number of rotatable bonds is 3. The summed E-state index contributed by atoms with van der Waals surface area (Å²) in [6.07, 6.45) is 1.47. The molecule has 1 aromatic carbocycles. The molecular formula is C13H16F2N2O. The number of hydrogen-bond donors (Lipinski definition) is 2. The zero-order valence-electron chi connectivity index (χ0n) is 10.2. The molecule has 0 saturated heterocycles. The van der Waals surface area contributed by atoms with Gasteiger partial charge in [0, 0.05) is 18.3 Å². The van der Waals surface area contributed by atoms with E-state index in [1.807, 2.05) is 0 Å². The molecule has 1 aromatic rings. The van der Waals surface area contributed by atoms with E-state index in [9.17, 15) is 13.6 Å². The van der Waals surface area contributed by atoms with Crippen LogP contribution in [-0.4, -0.2) is 12.5 Å². The Morgan fingerprint density at radius 3 is 2.61 bits per heavy atom. The van der Waals surface area contributed by atoms with Crippen molar-refractivity contribution in [3.8, 4) is 0 Å². The van der Waals surface area contributed by atoms with Gasteiger partial charge in [-0.25, -0.2) is 8.78 Å². The summed E-state index contributed by atoms with van der Waals surface area (Å²) in [4.78, 5) is 12.1. The number of anilines is 1. The lowest BCUT2D eigenvalue weighted by molar-refractivity contribution is -0.132. The fourth-order valence-corrected chi connectivity index (χ4v) is 2.56. The van der Waals surface area contributed by atoms with Gasteiger partial charge < -0.3 is 11.1 Å². The Morgan fingerprint density at radius 1 is 1.44 bits per heavy atom. The molecule has 1 aliphatic carbocycles. The highest BCUT2D eigenvalue weighted by molar-refractivity contribution is 5.96. The zero-order valence-corrected chi connectivity index (χ0v) is 10.2. The lowest BCUT2D eigenvalue weighted by Crippen LogP contribution is -2.51.